The van der Waals surface area contributed by atoms with Gasteiger partial charge in [-0.15, -0.1) is 0 Å². The van der Waals surface area contributed by atoms with Crippen LogP contribution in [0.4, 0.5) is 0 Å². The molecule has 1 aromatic rings. The predicted molar refractivity (Wildman–Crippen MR) is 134 cm³/mol. The number of rotatable bonds is 13. The van der Waals surface area contributed by atoms with Crippen LogP contribution < -0.4 is 21.3 Å². The van der Waals surface area contributed by atoms with Crippen molar-refractivity contribution in [3.8, 4) is 0 Å². The third-order valence-corrected chi connectivity index (χ3v) is 6.41. The maximum absolute atomic E-state index is 13.3. The largest absolute Gasteiger partial charge is 0.480 e. The Morgan fingerprint density at radius 1 is 1.00 bits per heavy atom. The third-order valence-electron chi connectivity index (χ3n) is 6.41. The average Bonchev–Trinajstić information content (AvgIpc) is 3.36. The van der Waals surface area contributed by atoms with Crippen molar-refractivity contribution in [2.45, 2.75) is 84.0 Å². The molecule has 194 valence electrons. The maximum atomic E-state index is 13.3. The first-order chi connectivity index (χ1) is 16.6. The van der Waals surface area contributed by atoms with Gasteiger partial charge >= 0.3 is 5.97 Å². The Bertz CT molecular complexity index is 855. The van der Waals surface area contributed by atoms with Gasteiger partial charge in [-0.05, 0) is 43.2 Å². The fourth-order valence-electron chi connectivity index (χ4n) is 4.15. The number of hydrogen-bond donors (Lipinski definition) is 5. The topological polar surface area (TPSA) is 137 Å². The van der Waals surface area contributed by atoms with Gasteiger partial charge in [0, 0.05) is 6.42 Å². The van der Waals surface area contributed by atoms with E-state index in [2.05, 4.69) is 21.3 Å². The molecule has 1 fully saturated rings. The molecule has 5 unspecified atom stereocenters. The van der Waals surface area contributed by atoms with Crippen LogP contribution in [0.25, 0.3) is 0 Å². The molecule has 0 aromatic heterocycles. The van der Waals surface area contributed by atoms with Gasteiger partial charge in [-0.2, -0.15) is 0 Å². The Kier molecular flexibility index (Phi) is 11.2. The monoisotopic (exact) mass is 488 g/mol. The number of aliphatic carboxylic acids is 1. The van der Waals surface area contributed by atoms with E-state index in [0.29, 0.717) is 12.8 Å². The minimum absolute atomic E-state index is 0.0720. The highest BCUT2D eigenvalue weighted by molar-refractivity contribution is 5.94. The van der Waals surface area contributed by atoms with Crippen molar-refractivity contribution in [1.29, 1.82) is 0 Å². The number of carboxylic acids is 1. The maximum Gasteiger partial charge on any atom is 0.326 e. The molecule has 3 amide bonds. The summed E-state index contributed by atoms with van der Waals surface area (Å²) in [5, 5.41) is 21.0. The average molecular weight is 489 g/mol. The quantitative estimate of drug-likeness (QED) is 0.286. The number of benzene rings is 1. The van der Waals surface area contributed by atoms with Crippen LogP contribution in [0.2, 0.25) is 0 Å². The van der Waals surface area contributed by atoms with Crippen LogP contribution in [0.15, 0.2) is 30.3 Å². The van der Waals surface area contributed by atoms with Gasteiger partial charge in [0.05, 0.1) is 6.04 Å². The number of nitrogens with one attached hydrogen (secondary N) is 4. The van der Waals surface area contributed by atoms with Gasteiger partial charge in [0.15, 0.2) is 0 Å². The summed E-state index contributed by atoms with van der Waals surface area (Å²) in [6, 6.07) is 5.88. The number of carbonyl (C=O) groups is 4. The number of carboxylic acid groups (broad SMARTS) is 1. The van der Waals surface area contributed by atoms with Crippen LogP contribution in [0.3, 0.4) is 0 Å². The SMILES string of the molecule is CCC(C)C(NC(=O)C1CCCN1)C(=O)NC(CC(C)C)C(=O)NC(Cc1ccccc1)C(=O)O. The summed E-state index contributed by atoms with van der Waals surface area (Å²) in [5.41, 5.74) is 0.782. The van der Waals surface area contributed by atoms with E-state index in [0.717, 1.165) is 24.9 Å². The van der Waals surface area contributed by atoms with E-state index >= 15 is 0 Å². The van der Waals surface area contributed by atoms with E-state index in [1.165, 1.54) is 0 Å². The first kappa shape index (κ1) is 28.3. The molecule has 9 nitrogen and oxygen atoms in total. The van der Waals surface area contributed by atoms with Crippen molar-refractivity contribution in [3.05, 3.63) is 35.9 Å². The Morgan fingerprint density at radius 3 is 2.20 bits per heavy atom. The minimum Gasteiger partial charge on any atom is -0.480 e. The van der Waals surface area contributed by atoms with E-state index in [4.69, 9.17) is 0 Å². The highest BCUT2D eigenvalue weighted by Gasteiger charge is 2.33. The van der Waals surface area contributed by atoms with E-state index in [1.807, 2.05) is 45.9 Å². The van der Waals surface area contributed by atoms with E-state index in [9.17, 15) is 24.3 Å². The summed E-state index contributed by atoms with van der Waals surface area (Å²) in [4.78, 5) is 50.9. The molecular formula is C26H40N4O5. The van der Waals surface area contributed by atoms with Crippen molar-refractivity contribution < 1.29 is 24.3 Å². The second-order valence-electron chi connectivity index (χ2n) is 9.80. The Hall–Kier alpha value is -2.94. The lowest BCUT2D eigenvalue weighted by Crippen LogP contribution is -2.58. The minimum atomic E-state index is -1.15. The number of amides is 3. The van der Waals surface area contributed by atoms with Crippen molar-refractivity contribution in [1.82, 2.24) is 21.3 Å². The molecule has 2 rings (SSSR count). The summed E-state index contributed by atoms with van der Waals surface area (Å²) >= 11 is 0. The Morgan fingerprint density at radius 2 is 1.66 bits per heavy atom. The molecule has 0 radical (unpaired) electrons. The smallest absolute Gasteiger partial charge is 0.326 e. The van der Waals surface area contributed by atoms with Crippen molar-refractivity contribution in [2.24, 2.45) is 11.8 Å². The van der Waals surface area contributed by atoms with Gasteiger partial charge in [-0.3, -0.25) is 14.4 Å². The standard InChI is InChI=1S/C26H40N4O5/c1-5-17(4)22(30-23(31)19-12-9-13-27-19)25(33)28-20(14-16(2)3)24(32)29-21(26(34)35)15-18-10-7-6-8-11-18/h6-8,10-11,16-17,19-22,27H,5,9,12-15H2,1-4H3,(H,28,33)(H,29,32)(H,30,31)(H,34,35). The van der Waals surface area contributed by atoms with Crippen molar-refractivity contribution in [3.63, 3.8) is 0 Å². The fourth-order valence-corrected chi connectivity index (χ4v) is 4.15. The highest BCUT2D eigenvalue weighted by Crippen LogP contribution is 2.13. The molecule has 9 heteroatoms. The van der Waals surface area contributed by atoms with E-state index in [1.54, 1.807) is 12.1 Å². The van der Waals surface area contributed by atoms with Crippen molar-refractivity contribution in [2.75, 3.05) is 6.54 Å². The van der Waals surface area contributed by atoms with Gasteiger partial charge in [0.1, 0.15) is 18.1 Å². The number of carbonyl (C=O) groups excluding carboxylic acids is 3. The molecule has 0 aliphatic carbocycles. The molecule has 0 saturated carbocycles. The van der Waals surface area contributed by atoms with Gasteiger partial charge in [0.2, 0.25) is 17.7 Å². The molecule has 5 N–H and O–H groups in total. The lowest BCUT2D eigenvalue weighted by molar-refractivity contribution is -0.142. The van der Waals surface area contributed by atoms with Crippen LogP contribution in [0.5, 0.6) is 0 Å². The van der Waals surface area contributed by atoms with Crippen LogP contribution in [0.1, 0.15) is 58.9 Å². The summed E-state index contributed by atoms with van der Waals surface area (Å²) < 4.78 is 0. The van der Waals surface area contributed by atoms with Gasteiger partial charge in [-0.25, -0.2) is 4.79 Å². The van der Waals surface area contributed by atoms with Crippen LogP contribution in [-0.4, -0.2) is 59.5 Å². The predicted octanol–water partition coefficient (Wildman–Crippen LogP) is 1.61. The molecule has 1 saturated heterocycles. The Labute approximate surface area is 207 Å². The van der Waals surface area contributed by atoms with Crippen LogP contribution in [-0.2, 0) is 25.6 Å². The molecule has 1 heterocycles. The molecule has 1 aliphatic heterocycles. The molecule has 0 spiro atoms. The van der Waals surface area contributed by atoms with Gasteiger partial charge in [-0.1, -0.05) is 64.4 Å². The van der Waals surface area contributed by atoms with Gasteiger partial charge in [0.25, 0.3) is 0 Å². The van der Waals surface area contributed by atoms with Gasteiger partial charge < -0.3 is 26.4 Å². The highest BCUT2D eigenvalue weighted by atomic mass is 16.4. The lowest BCUT2D eigenvalue weighted by Gasteiger charge is -2.28. The summed E-state index contributed by atoms with van der Waals surface area (Å²) in [6.45, 7) is 8.42. The number of hydrogen-bond acceptors (Lipinski definition) is 5. The second-order valence-corrected chi connectivity index (χ2v) is 9.80. The first-order valence-electron chi connectivity index (χ1n) is 12.5. The molecule has 1 aromatic carbocycles. The lowest BCUT2D eigenvalue weighted by atomic mass is 9.96. The summed E-state index contributed by atoms with van der Waals surface area (Å²) in [5.74, 6) is -2.44. The zero-order valence-electron chi connectivity index (χ0n) is 21.2. The zero-order valence-corrected chi connectivity index (χ0v) is 21.2. The molecule has 1 aliphatic rings. The molecule has 35 heavy (non-hydrogen) atoms. The summed E-state index contributed by atoms with van der Waals surface area (Å²) in [6.07, 6.45) is 2.75. The fraction of sp³-hybridized carbons (Fsp3) is 0.615. The Balaban J connectivity index is 2.12. The second kappa shape index (κ2) is 13.8. The molecule has 5 atom stereocenters. The normalized spacial score (nSPS) is 18.8. The van der Waals surface area contributed by atoms with E-state index < -0.39 is 35.9 Å². The first-order valence-corrected chi connectivity index (χ1v) is 12.5. The van der Waals surface area contributed by atoms with E-state index in [-0.39, 0.29) is 30.2 Å². The van der Waals surface area contributed by atoms with Crippen LogP contribution >= 0.6 is 0 Å². The van der Waals surface area contributed by atoms with Crippen molar-refractivity contribution >= 4 is 23.7 Å². The summed E-state index contributed by atoms with van der Waals surface area (Å²) in [7, 11) is 0. The molecule has 0 bridgehead atoms. The zero-order chi connectivity index (χ0) is 26.0. The molecular weight excluding hydrogens is 448 g/mol. The third kappa shape index (κ3) is 8.98. The van der Waals surface area contributed by atoms with Crippen LogP contribution in [0, 0.1) is 11.8 Å².